The van der Waals surface area contributed by atoms with E-state index >= 15 is 0 Å². The van der Waals surface area contributed by atoms with Gasteiger partial charge in [-0.05, 0) is 31.1 Å². The van der Waals surface area contributed by atoms with Crippen LogP contribution >= 0.6 is 23.2 Å². The molecule has 1 aliphatic carbocycles. The molecule has 0 amide bonds. The van der Waals surface area contributed by atoms with Crippen LogP contribution < -0.4 is 0 Å². The number of allylic oxidation sites excluding steroid dienone is 3. The molecule has 0 saturated heterocycles. The molecule has 0 aromatic carbocycles. The largest absolute Gasteiger partial charge is 0.126 e. The third-order valence-corrected chi connectivity index (χ3v) is 3.11. The fourth-order valence-corrected chi connectivity index (χ4v) is 2.30. The molecule has 2 heteroatoms. The minimum Gasteiger partial charge on any atom is -0.126 e. The molecule has 0 heterocycles. The van der Waals surface area contributed by atoms with Gasteiger partial charge < -0.3 is 0 Å². The Balaban J connectivity index is 2.61. The highest BCUT2D eigenvalue weighted by Crippen LogP contribution is 2.40. The minimum atomic E-state index is 0.190. The quantitative estimate of drug-likeness (QED) is 0.480. The van der Waals surface area contributed by atoms with Crippen LogP contribution in [0.3, 0.4) is 0 Å². The first-order valence-corrected chi connectivity index (χ1v) is 5.14. The lowest BCUT2D eigenvalue weighted by atomic mass is 9.76. The average Bonchev–Trinajstić information content (AvgIpc) is 2.05. The summed E-state index contributed by atoms with van der Waals surface area (Å²) in [6.07, 6.45) is 8.56. The zero-order chi connectivity index (χ0) is 9.03. The topological polar surface area (TPSA) is 0 Å². The molecule has 12 heavy (non-hydrogen) atoms. The van der Waals surface area contributed by atoms with E-state index in [0.717, 1.165) is 30.7 Å². The molecule has 0 spiro atoms. The van der Waals surface area contributed by atoms with Gasteiger partial charge in [-0.1, -0.05) is 30.3 Å². The summed E-state index contributed by atoms with van der Waals surface area (Å²) in [5.41, 5.74) is 0.190. The first-order chi connectivity index (χ1) is 5.68. The third kappa shape index (κ3) is 2.53. The Bertz CT molecular complexity index is 196. The molecule has 0 N–H and O–H groups in total. The lowest BCUT2D eigenvalue weighted by molar-refractivity contribution is 0.300. The normalized spacial score (nSPS) is 28.8. The molecule has 0 bridgehead atoms. The molecule has 1 rings (SSSR count). The van der Waals surface area contributed by atoms with E-state index in [9.17, 15) is 0 Å². The zero-order valence-corrected chi connectivity index (χ0v) is 8.67. The van der Waals surface area contributed by atoms with Crippen LogP contribution in [-0.2, 0) is 0 Å². The van der Waals surface area contributed by atoms with Crippen LogP contribution in [-0.4, -0.2) is 5.88 Å². The fourth-order valence-electron chi connectivity index (χ4n) is 1.68. The lowest BCUT2D eigenvalue weighted by Gasteiger charge is -2.32. The molecular formula is C10H14Cl2. The minimum absolute atomic E-state index is 0.190. The molecule has 0 nitrogen and oxygen atoms in total. The van der Waals surface area contributed by atoms with Gasteiger partial charge in [0.25, 0.3) is 0 Å². The van der Waals surface area contributed by atoms with Crippen molar-refractivity contribution in [2.24, 2.45) is 5.41 Å². The number of rotatable bonds is 3. The van der Waals surface area contributed by atoms with Gasteiger partial charge in [0.15, 0.2) is 0 Å². The summed E-state index contributed by atoms with van der Waals surface area (Å²) in [5.74, 6) is 0.684. The maximum absolute atomic E-state index is 5.95. The molecule has 1 atom stereocenters. The first kappa shape index (κ1) is 10.1. The van der Waals surface area contributed by atoms with E-state index in [4.69, 9.17) is 23.2 Å². The van der Waals surface area contributed by atoms with Gasteiger partial charge in [0.05, 0.1) is 0 Å². The van der Waals surface area contributed by atoms with Crippen LogP contribution in [0.4, 0.5) is 0 Å². The number of halogens is 2. The van der Waals surface area contributed by atoms with E-state index in [1.807, 2.05) is 0 Å². The molecule has 68 valence electrons. The van der Waals surface area contributed by atoms with E-state index in [0.29, 0.717) is 5.88 Å². The Hall–Kier alpha value is 0.0600. The second-order valence-electron chi connectivity index (χ2n) is 3.54. The second kappa shape index (κ2) is 4.34. The standard InChI is InChI=1S/C10H14Cl2/c1-9(12)7-10(8-11)5-3-2-4-6-10/h2-3H,1,4-8H2. The van der Waals surface area contributed by atoms with Crippen molar-refractivity contribution in [3.63, 3.8) is 0 Å². The summed E-state index contributed by atoms with van der Waals surface area (Å²) in [4.78, 5) is 0. The number of hydrogen-bond donors (Lipinski definition) is 0. The molecule has 0 radical (unpaired) electrons. The van der Waals surface area contributed by atoms with Gasteiger partial charge in [-0.25, -0.2) is 0 Å². The van der Waals surface area contributed by atoms with Crippen LogP contribution in [0.2, 0.25) is 0 Å². The maximum Gasteiger partial charge on any atom is 0.0286 e. The van der Waals surface area contributed by atoms with E-state index in [2.05, 4.69) is 18.7 Å². The fraction of sp³-hybridized carbons (Fsp3) is 0.600. The Labute approximate surface area is 84.2 Å². The Morgan fingerprint density at radius 1 is 1.50 bits per heavy atom. The molecule has 0 aliphatic heterocycles. The van der Waals surface area contributed by atoms with Gasteiger partial charge in [0.2, 0.25) is 0 Å². The molecule has 0 aromatic heterocycles. The van der Waals surface area contributed by atoms with Crippen molar-refractivity contribution in [1.29, 1.82) is 0 Å². The molecular weight excluding hydrogens is 191 g/mol. The van der Waals surface area contributed by atoms with Crippen LogP contribution in [0.5, 0.6) is 0 Å². The van der Waals surface area contributed by atoms with E-state index < -0.39 is 0 Å². The van der Waals surface area contributed by atoms with Gasteiger partial charge in [0.1, 0.15) is 0 Å². The highest BCUT2D eigenvalue weighted by molar-refractivity contribution is 6.29. The summed E-state index contributed by atoms with van der Waals surface area (Å²) in [6, 6.07) is 0. The van der Waals surface area contributed by atoms with Crippen molar-refractivity contribution >= 4 is 23.2 Å². The Morgan fingerprint density at radius 3 is 2.67 bits per heavy atom. The van der Waals surface area contributed by atoms with Crippen LogP contribution in [0.15, 0.2) is 23.8 Å². The van der Waals surface area contributed by atoms with E-state index in [1.54, 1.807) is 0 Å². The average molecular weight is 205 g/mol. The van der Waals surface area contributed by atoms with E-state index in [-0.39, 0.29) is 5.41 Å². The monoisotopic (exact) mass is 204 g/mol. The van der Waals surface area contributed by atoms with Gasteiger partial charge in [0, 0.05) is 10.9 Å². The third-order valence-electron chi connectivity index (χ3n) is 2.41. The molecule has 1 aliphatic rings. The second-order valence-corrected chi connectivity index (χ2v) is 4.34. The first-order valence-electron chi connectivity index (χ1n) is 4.23. The number of hydrogen-bond acceptors (Lipinski definition) is 0. The highest BCUT2D eigenvalue weighted by Gasteiger charge is 2.29. The Kier molecular flexibility index (Phi) is 3.67. The summed E-state index contributed by atoms with van der Waals surface area (Å²) < 4.78 is 0. The summed E-state index contributed by atoms with van der Waals surface area (Å²) in [5, 5.41) is 0.728. The molecule has 0 aromatic rings. The van der Waals surface area contributed by atoms with Crippen LogP contribution in [0.1, 0.15) is 25.7 Å². The summed E-state index contributed by atoms with van der Waals surface area (Å²) >= 11 is 11.7. The van der Waals surface area contributed by atoms with Crippen molar-refractivity contribution in [3.8, 4) is 0 Å². The van der Waals surface area contributed by atoms with Crippen molar-refractivity contribution in [2.45, 2.75) is 25.7 Å². The summed E-state index contributed by atoms with van der Waals surface area (Å²) in [6.45, 7) is 3.72. The molecule has 0 fully saturated rings. The van der Waals surface area contributed by atoms with Gasteiger partial charge in [-0.3, -0.25) is 0 Å². The predicted molar refractivity (Wildman–Crippen MR) is 55.8 cm³/mol. The number of alkyl halides is 1. The van der Waals surface area contributed by atoms with Crippen LogP contribution in [0, 0.1) is 5.41 Å². The highest BCUT2D eigenvalue weighted by atomic mass is 35.5. The lowest BCUT2D eigenvalue weighted by Crippen LogP contribution is -2.24. The van der Waals surface area contributed by atoms with Crippen molar-refractivity contribution < 1.29 is 0 Å². The van der Waals surface area contributed by atoms with Crippen molar-refractivity contribution in [2.75, 3.05) is 5.88 Å². The van der Waals surface area contributed by atoms with Crippen LogP contribution in [0.25, 0.3) is 0 Å². The van der Waals surface area contributed by atoms with Crippen molar-refractivity contribution in [3.05, 3.63) is 23.8 Å². The van der Waals surface area contributed by atoms with Gasteiger partial charge >= 0.3 is 0 Å². The predicted octanol–water partition coefficient (Wildman–Crippen LogP) is 4.09. The molecule has 0 saturated carbocycles. The zero-order valence-electron chi connectivity index (χ0n) is 7.15. The van der Waals surface area contributed by atoms with Crippen molar-refractivity contribution in [1.82, 2.24) is 0 Å². The smallest absolute Gasteiger partial charge is 0.0286 e. The molecule has 1 unspecified atom stereocenters. The maximum atomic E-state index is 5.95. The van der Waals surface area contributed by atoms with Gasteiger partial charge in [-0.2, -0.15) is 0 Å². The van der Waals surface area contributed by atoms with Gasteiger partial charge in [-0.15, -0.1) is 11.6 Å². The SMILES string of the molecule is C=C(Cl)CC1(CCl)CC=CCC1. The Morgan fingerprint density at radius 2 is 2.25 bits per heavy atom. The van der Waals surface area contributed by atoms with E-state index in [1.165, 1.54) is 0 Å². The summed E-state index contributed by atoms with van der Waals surface area (Å²) in [7, 11) is 0.